The molecule has 2 heterocycles. The van der Waals surface area contributed by atoms with E-state index in [2.05, 4.69) is 28.2 Å². The average molecular weight is 267 g/mol. The van der Waals surface area contributed by atoms with Gasteiger partial charge in [-0.3, -0.25) is 4.99 Å². The smallest absolute Gasteiger partial charge is 0.221 e. The number of aromatic nitrogens is 2. The normalized spacial score (nSPS) is 16.9. The van der Waals surface area contributed by atoms with Gasteiger partial charge in [-0.25, -0.2) is 4.98 Å². The number of nitrogens with zero attached hydrogens (tertiary/aromatic N) is 3. The quantitative estimate of drug-likeness (QED) is 0.844. The summed E-state index contributed by atoms with van der Waals surface area (Å²) in [6.45, 7) is 0. The van der Waals surface area contributed by atoms with Crippen LogP contribution in [0.4, 0.5) is 11.8 Å². The molecule has 1 aromatic heterocycles. The Labute approximate surface area is 117 Å². The summed E-state index contributed by atoms with van der Waals surface area (Å²) in [7, 11) is 0. The topological polar surface area (TPSA) is 90.2 Å². The molecule has 0 aliphatic carbocycles. The molecule has 5 heteroatoms. The molecule has 0 fully saturated rings. The zero-order valence-corrected chi connectivity index (χ0v) is 11.2. The third-order valence-corrected chi connectivity index (χ3v) is 3.53. The minimum absolute atomic E-state index is 0.218. The number of hydrogen-bond donors (Lipinski definition) is 2. The molecule has 0 saturated carbocycles. The van der Waals surface area contributed by atoms with Gasteiger partial charge < -0.3 is 11.5 Å². The molecule has 0 radical (unpaired) electrons. The van der Waals surface area contributed by atoms with Crippen LogP contribution in [0.1, 0.15) is 18.4 Å². The van der Waals surface area contributed by atoms with Crippen LogP contribution in [0, 0.1) is 0 Å². The van der Waals surface area contributed by atoms with Crippen LogP contribution in [0.25, 0.3) is 6.08 Å². The van der Waals surface area contributed by atoms with Crippen LogP contribution in [-0.4, -0.2) is 16.0 Å². The van der Waals surface area contributed by atoms with Crippen LogP contribution in [0.2, 0.25) is 0 Å². The van der Waals surface area contributed by atoms with Crippen molar-refractivity contribution in [1.82, 2.24) is 9.97 Å². The molecule has 1 atom stereocenters. The van der Waals surface area contributed by atoms with Crippen molar-refractivity contribution in [2.75, 3.05) is 11.5 Å². The van der Waals surface area contributed by atoms with E-state index < -0.39 is 0 Å². The number of benzene rings is 1. The van der Waals surface area contributed by atoms with Crippen molar-refractivity contribution < 1.29 is 0 Å². The number of anilines is 2. The van der Waals surface area contributed by atoms with Crippen LogP contribution in [0.5, 0.6) is 0 Å². The maximum absolute atomic E-state index is 5.84. The van der Waals surface area contributed by atoms with Gasteiger partial charge in [0.15, 0.2) is 0 Å². The fraction of sp³-hybridized carbons (Fsp3) is 0.267. The highest BCUT2D eigenvalue weighted by atomic mass is 15.0. The summed E-state index contributed by atoms with van der Waals surface area (Å²) in [6.07, 6.45) is 6.67. The molecule has 0 spiro atoms. The molecular weight excluding hydrogens is 250 g/mol. The predicted octanol–water partition coefficient (Wildman–Crippen LogP) is 0.446. The maximum atomic E-state index is 5.84. The second-order valence-electron chi connectivity index (χ2n) is 4.96. The molecule has 20 heavy (non-hydrogen) atoms. The van der Waals surface area contributed by atoms with Crippen molar-refractivity contribution in [3.63, 3.8) is 0 Å². The zero-order chi connectivity index (χ0) is 13.9. The highest BCUT2D eigenvalue weighted by Gasteiger charge is 2.11. The molecule has 2 aromatic rings. The molecule has 0 saturated heterocycles. The average Bonchev–Trinajstić information content (AvgIpc) is 2.46. The number of rotatable bonds is 3. The Balaban J connectivity index is 1.72. The van der Waals surface area contributed by atoms with Gasteiger partial charge in [-0.1, -0.05) is 24.3 Å². The van der Waals surface area contributed by atoms with Crippen molar-refractivity contribution >= 4 is 17.8 Å². The fourth-order valence-electron chi connectivity index (χ4n) is 2.42. The summed E-state index contributed by atoms with van der Waals surface area (Å²) in [4.78, 5) is 12.7. The van der Waals surface area contributed by atoms with Crippen LogP contribution < -0.4 is 22.0 Å². The van der Waals surface area contributed by atoms with E-state index in [9.17, 15) is 0 Å². The Morgan fingerprint density at radius 1 is 1.20 bits per heavy atom. The second kappa shape index (κ2) is 5.28. The first-order valence-electron chi connectivity index (χ1n) is 6.72. The van der Waals surface area contributed by atoms with E-state index in [1.54, 1.807) is 6.20 Å². The van der Waals surface area contributed by atoms with Crippen LogP contribution >= 0.6 is 0 Å². The van der Waals surface area contributed by atoms with E-state index in [-0.39, 0.29) is 5.95 Å². The van der Waals surface area contributed by atoms with E-state index in [0.717, 1.165) is 30.2 Å². The molecule has 1 aliphatic heterocycles. The van der Waals surface area contributed by atoms with E-state index in [1.165, 1.54) is 5.22 Å². The first kappa shape index (κ1) is 12.6. The molecular formula is C15H17N5. The van der Waals surface area contributed by atoms with Crippen molar-refractivity contribution in [3.8, 4) is 0 Å². The van der Waals surface area contributed by atoms with Gasteiger partial charge in [-0.2, -0.15) is 4.98 Å². The SMILES string of the molecule is Nc1ncc(CCC2CC=c3ccccc3=N2)c(N)n1. The highest BCUT2D eigenvalue weighted by Crippen LogP contribution is 2.15. The molecule has 0 bridgehead atoms. The Bertz CT molecular complexity index is 738. The predicted molar refractivity (Wildman–Crippen MR) is 79.3 cm³/mol. The minimum atomic E-state index is 0.218. The van der Waals surface area contributed by atoms with E-state index in [4.69, 9.17) is 16.5 Å². The van der Waals surface area contributed by atoms with Crippen molar-refractivity contribution in [2.45, 2.75) is 25.3 Å². The molecule has 5 nitrogen and oxygen atoms in total. The van der Waals surface area contributed by atoms with Crippen LogP contribution in [0.3, 0.4) is 0 Å². The van der Waals surface area contributed by atoms with Gasteiger partial charge in [0.1, 0.15) is 5.82 Å². The number of nitrogen functional groups attached to an aromatic ring is 2. The van der Waals surface area contributed by atoms with Gasteiger partial charge in [-0.05, 0) is 30.5 Å². The lowest BCUT2D eigenvalue weighted by molar-refractivity contribution is 0.612. The van der Waals surface area contributed by atoms with Gasteiger partial charge in [-0.15, -0.1) is 0 Å². The second-order valence-corrected chi connectivity index (χ2v) is 4.96. The van der Waals surface area contributed by atoms with Crippen molar-refractivity contribution in [2.24, 2.45) is 4.99 Å². The molecule has 3 rings (SSSR count). The standard InChI is InChI=1S/C15H17N5/c16-14-11(9-18-15(17)20-14)6-8-12-7-5-10-3-1-2-4-13(10)19-12/h1-5,9,12H,6-8H2,(H4,16,17,18,20). The summed E-state index contributed by atoms with van der Waals surface area (Å²) >= 11 is 0. The monoisotopic (exact) mass is 267 g/mol. The largest absolute Gasteiger partial charge is 0.383 e. The number of hydrogen-bond acceptors (Lipinski definition) is 5. The summed E-state index contributed by atoms with van der Waals surface area (Å²) < 4.78 is 0. The van der Waals surface area contributed by atoms with Gasteiger partial charge >= 0.3 is 0 Å². The molecule has 4 N–H and O–H groups in total. The fourth-order valence-corrected chi connectivity index (χ4v) is 2.42. The molecule has 102 valence electrons. The van der Waals surface area contributed by atoms with Crippen LogP contribution in [-0.2, 0) is 6.42 Å². The number of aryl methyl sites for hydroxylation is 1. The molecule has 0 amide bonds. The van der Waals surface area contributed by atoms with E-state index >= 15 is 0 Å². The van der Waals surface area contributed by atoms with E-state index in [0.29, 0.717) is 11.9 Å². The van der Waals surface area contributed by atoms with Gasteiger partial charge in [0.05, 0.1) is 11.4 Å². The summed E-state index contributed by atoms with van der Waals surface area (Å²) in [5, 5.41) is 2.30. The van der Waals surface area contributed by atoms with Crippen LogP contribution in [0.15, 0.2) is 35.5 Å². The molecule has 1 aromatic carbocycles. The lowest BCUT2D eigenvalue weighted by Gasteiger charge is -2.14. The van der Waals surface area contributed by atoms with E-state index in [1.807, 2.05) is 12.1 Å². The maximum Gasteiger partial charge on any atom is 0.221 e. The third-order valence-electron chi connectivity index (χ3n) is 3.53. The van der Waals surface area contributed by atoms with Gasteiger partial charge in [0, 0.05) is 11.8 Å². The van der Waals surface area contributed by atoms with Crippen molar-refractivity contribution in [1.29, 1.82) is 0 Å². The molecule has 1 unspecified atom stereocenters. The first-order valence-corrected chi connectivity index (χ1v) is 6.72. The Kier molecular flexibility index (Phi) is 3.33. The lowest BCUT2D eigenvalue weighted by atomic mass is 10.0. The summed E-state index contributed by atoms with van der Waals surface area (Å²) in [5.41, 5.74) is 12.3. The number of nitrogens with two attached hydrogens (primary N) is 2. The lowest BCUT2D eigenvalue weighted by Crippen LogP contribution is -2.30. The first-order chi connectivity index (χ1) is 9.72. The number of para-hydroxylation sites is 1. The minimum Gasteiger partial charge on any atom is -0.383 e. The molecule has 1 aliphatic rings. The Morgan fingerprint density at radius 2 is 2.05 bits per heavy atom. The van der Waals surface area contributed by atoms with Gasteiger partial charge in [0.2, 0.25) is 5.95 Å². The van der Waals surface area contributed by atoms with Gasteiger partial charge in [0.25, 0.3) is 0 Å². The summed E-state index contributed by atoms with van der Waals surface area (Å²) in [6, 6.07) is 8.50. The summed E-state index contributed by atoms with van der Waals surface area (Å²) in [5.74, 6) is 0.688. The zero-order valence-electron chi connectivity index (χ0n) is 11.2. The van der Waals surface area contributed by atoms with Crippen molar-refractivity contribution in [3.05, 3.63) is 46.6 Å². The highest BCUT2D eigenvalue weighted by molar-refractivity contribution is 5.41. The third kappa shape index (κ3) is 2.61. The Morgan fingerprint density at radius 3 is 2.90 bits per heavy atom. The Hall–Kier alpha value is -2.43. The number of fused-ring (bicyclic) bond motifs is 1.